The van der Waals surface area contributed by atoms with E-state index in [1.165, 1.54) is 0 Å². The summed E-state index contributed by atoms with van der Waals surface area (Å²) in [6.45, 7) is 2.46. The summed E-state index contributed by atoms with van der Waals surface area (Å²) in [6, 6.07) is -0.607. The van der Waals surface area contributed by atoms with E-state index >= 15 is 0 Å². The first-order valence-corrected chi connectivity index (χ1v) is 5.71. The molecule has 0 aliphatic heterocycles. The van der Waals surface area contributed by atoms with Gasteiger partial charge in [-0.2, -0.15) is 0 Å². The van der Waals surface area contributed by atoms with Crippen LogP contribution in [0.1, 0.15) is 16.3 Å². The zero-order valence-corrected chi connectivity index (χ0v) is 10.3. The quantitative estimate of drug-likeness (QED) is 0.787. The van der Waals surface area contributed by atoms with Gasteiger partial charge in [0.25, 0.3) is 0 Å². The van der Waals surface area contributed by atoms with Gasteiger partial charge in [-0.1, -0.05) is 0 Å². The van der Waals surface area contributed by atoms with Crippen molar-refractivity contribution in [2.45, 2.75) is 25.9 Å². The van der Waals surface area contributed by atoms with Crippen LogP contribution in [0, 0.1) is 19.3 Å². The smallest absolute Gasteiger partial charge is 0.240 e. The van der Waals surface area contributed by atoms with Crippen LogP contribution in [0.3, 0.4) is 0 Å². The molecule has 1 aromatic rings. The summed E-state index contributed by atoms with van der Waals surface area (Å²) < 4.78 is 0. The Labute approximate surface area is 99.5 Å². The van der Waals surface area contributed by atoms with Crippen LogP contribution in [-0.4, -0.2) is 28.9 Å². The molecule has 1 rings (SSSR count). The van der Waals surface area contributed by atoms with Gasteiger partial charge >= 0.3 is 0 Å². The lowest BCUT2D eigenvalue weighted by atomic mass is 10.2. The van der Waals surface area contributed by atoms with Gasteiger partial charge in [-0.25, -0.2) is 4.98 Å². The predicted octanol–water partition coefficient (Wildman–Crippen LogP) is 0.761. The topological polar surface area (TPSA) is 59.2 Å². The molecular formula is C11H15N3OS. The van der Waals surface area contributed by atoms with Crippen molar-refractivity contribution in [3.8, 4) is 12.3 Å². The molecule has 1 amide bonds. The third-order valence-corrected chi connectivity index (χ3v) is 2.99. The lowest BCUT2D eigenvalue weighted by Crippen LogP contribution is -2.41. The Kier molecular flexibility index (Phi) is 4.47. The van der Waals surface area contributed by atoms with Crippen LogP contribution in [-0.2, 0) is 11.3 Å². The minimum absolute atomic E-state index is 0.135. The molecule has 86 valence electrons. The van der Waals surface area contributed by atoms with Crippen molar-refractivity contribution in [3.05, 3.63) is 16.1 Å². The highest BCUT2D eigenvalue weighted by molar-refractivity contribution is 7.11. The van der Waals surface area contributed by atoms with Crippen LogP contribution < -0.4 is 5.73 Å². The van der Waals surface area contributed by atoms with Crippen LogP contribution in [0.25, 0.3) is 0 Å². The van der Waals surface area contributed by atoms with Crippen molar-refractivity contribution in [2.75, 3.05) is 7.05 Å². The van der Waals surface area contributed by atoms with E-state index in [-0.39, 0.29) is 12.3 Å². The molecule has 0 spiro atoms. The number of carbonyl (C=O) groups excluding carboxylic acids is 1. The molecule has 0 saturated heterocycles. The van der Waals surface area contributed by atoms with E-state index < -0.39 is 6.04 Å². The Morgan fingerprint density at radius 2 is 2.50 bits per heavy atom. The predicted molar refractivity (Wildman–Crippen MR) is 64.8 cm³/mol. The highest BCUT2D eigenvalue weighted by Gasteiger charge is 2.17. The molecule has 4 nitrogen and oxygen atoms in total. The van der Waals surface area contributed by atoms with E-state index in [2.05, 4.69) is 10.9 Å². The average molecular weight is 237 g/mol. The highest BCUT2D eigenvalue weighted by atomic mass is 32.1. The Morgan fingerprint density at radius 3 is 3.00 bits per heavy atom. The molecule has 0 saturated carbocycles. The summed E-state index contributed by atoms with van der Waals surface area (Å²) >= 11 is 1.57. The molecule has 0 aromatic carbocycles. The standard InChI is InChI=1S/C11H15N3OS/c1-4-5-10(12)11(15)14(3)7-9-6-13-8(2)16-9/h1,6,10H,5,7,12H2,2-3H3. The van der Waals surface area contributed by atoms with E-state index in [4.69, 9.17) is 12.2 Å². The maximum absolute atomic E-state index is 11.7. The summed E-state index contributed by atoms with van der Waals surface area (Å²) in [6.07, 6.45) is 7.16. The third-order valence-electron chi connectivity index (χ3n) is 2.09. The van der Waals surface area contributed by atoms with Gasteiger partial charge in [0.05, 0.1) is 17.6 Å². The summed E-state index contributed by atoms with van der Waals surface area (Å²) in [4.78, 5) is 18.5. The number of hydrogen-bond acceptors (Lipinski definition) is 4. The number of aryl methyl sites for hydroxylation is 1. The Morgan fingerprint density at radius 1 is 1.81 bits per heavy atom. The van der Waals surface area contributed by atoms with E-state index in [0.717, 1.165) is 9.88 Å². The zero-order valence-electron chi connectivity index (χ0n) is 9.43. The number of likely N-dealkylation sites (N-methyl/N-ethyl adjacent to an activating group) is 1. The molecule has 0 bridgehead atoms. The number of rotatable bonds is 4. The van der Waals surface area contributed by atoms with Gasteiger partial charge in [0, 0.05) is 24.5 Å². The monoisotopic (exact) mass is 237 g/mol. The van der Waals surface area contributed by atoms with Crippen LogP contribution in [0.15, 0.2) is 6.20 Å². The second kappa shape index (κ2) is 5.64. The second-order valence-corrected chi connectivity index (χ2v) is 4.87. The van der Waals surface area contributed by atoms with Gasteiger partial charge < -0.3 is 10.6 Å². The van der Waals surface area contributed by atoms with Crippen LogP contribution >= 0.6 is 11.3 Å². The van der Waals surface area contributed by atoms with Crippen LogP contribution in [0.4, 0.5) is 0 Å². The molecule has 16 heavy (non-hydrogen) atoms. The van der Waals surface area contributed by atoms with Gasteiger partial charge in [0.1, 0.15) is 0 Å². The number of amides is 1. The molecule has 1 aromatic heterocycles. The highest BCUT2D eigenvalue weighted by Crippen LogP contribution is 2.13. The first-order chi connectivity index (χ1) is 7.54. The Balaban J connectivity index is 2.55. The van der Waals surface area contributed by atoms with Crippen molar-refractivity contribution in [2.24, 2.45) is 5.73 Å². The molecule has 0 fully saturated rings. The minimum Gasteiger partial charge on any atom is -0.339 e. The maximum atomic E-state index is 11.7. The largest absolute Gasteiger partial charge is 0.339 e. The molecule has 0 aliphatic rings. The van der Waals surface area contributed by atoms with Gasteiger partial charge in [-0.05, 0) is 6.92 Å². The summed E-state index contributed by atoms with van der Waals surface area (Å²) in [5, 5.41) is 0.990. The third kappa shape index (κ3) is 3.33. The summed E-state index contributed by atoms with van der Waals surface area (Å²) in [5.41, 5.74) is 5.64. The van der Waals surface area contributed by atoms with Gasteiger partial charge in [0.2, 0.25) is 5.91 Å². The van der Waals surface area contributed by atoms with Gasteiger partial charge in [-0.3, -0.25) is 4.79 Å². The van der Waals surface area contributed by atoms with Crippen LogP contribution in [0.5, 0.6) is 0 Å². The molecule has 5 heteroatoms. The number of nitrogens with zero attached hydrogens (tertiary/aromatic N) is 2. The minimum atomic E-state index is -0.607. The van der Waals surface area contributed by atoms with E-state index in [0.29, 0.717) is 6.54 Å². The first-order valence-electron chi connectivity index (χ1n) is 4.90. The van der Waals surface area contributed by atoms with Crippen molar-refractivity contribution in [1.82, 2.24) is 9.88 Å². The molecule has 2 N–H and O–H groups in total. The zero-order chi connectivity index (χ0) is 12.1. The van der Waals surface area contributed by atoms with Crippen molar-refractivity contribution in [1.29, 1.82) is 0 Å². The fraction of sp³-hybridized carbons (Fsp3) is 0.455. The number of nitrogens with two attached hydrogens (primary N) is 1. The van der Waals surface area contributed by atoms with Gasteiger partial charge in [0.15, 0.2) is 0 Å². The Bertz CT molecular complexity index is 408. The number of thiazole rings is 1. The Hall–Kier alpha value is -1.38. The van der Waals surface area contributed by atoms with E-state index in [1.54, 1.807) is 29.5 Å². The number of hydrogen-bond donors (Lipinski definition) is 1. The molecular weight excluding hydrogens is 222 g/mol. The molecule has 0 aliphatic carbocycles. The summed E-state index contributed by atoms with van der Waals surface area (Å²) in [5.74, 6) is 2.25. The molecule has 1 atom stereocenters. The fourth-order valence-electron chi connectivity index (χ4n) is 1.29. The number of carbonyl (C=O) groups is 1. The number of aromatic nitrogens is 1. The maximum Gasteiger partial charge on any atom is 0.240 e. The van der Waals surface area contributed by atoms with Crippen LogP contribution in [0.2, 0.25) is 0 Å². The molecule has 0 radical (unpaired) electrons. The normalized spacial score (nSPS) is 11.9. The lowest BCUT2D eigenvalue weighted by molar-refractivity contribution is -0.131. The SMILES string of the molecule is C#CCC(N)C(=O)N(C)Cc1cnc(C)s1. The molecule has 1 heterocycles. The van der Waals surface area contributed by atoms with E-state index in [1.807, 2.05) is 6.92 Å². The lowest BCUT2D eigenvalue weighted by Gasteiger charge is -2.19. The molecule has 1 unspecified atom stereocenters. The number of terminal acetylenes is 1. The average Bonchev–Trinajstić information content (AvgIpc) is 2.63. The fourth-order valence-corrected chi connectivity index (χ4v) is 2.14. The van der Waals surface area contributed by atoms with Crippen molar-refractivity contribution >= 4 is 17.2 Å². The van der Waals surface area contributed by atoms with Crippen molar-refractivity contribution in [3.63, 3.8) is 0 Å². The first kappa shape index (κ1) is 12.7. The van der Waals surface area contributed by atoms with E-state index in [9.17, 15) is 4.79 Å². The second-order valence-electron chi connectivity index (χ2n) is 3.55. The summed E-state index contributed by atoms with van der Waals surface area (Å²) in [7, 11) is 1.72. The van der Waals surface area contributed by atoms with Gasteiger partial charge in [-0.15, -0.1) is 23.7 Å². The van der Waals surface area contributed by atoms with Crippen molar-refractivity contribution < 1.29 is 4.79 Å².